The molecule has 0 amide bonds. The molecule has 0 bridgehead atoms. The Hall–Kier alpha value is -2.79. The maximum atomic E-state index is 11.8. The van der Waals surface area contributed by atoms with Crippen LogP contribution >= 0.6 is 0 Å². The normalized spacial score (nSPS) is 19.0. The van der Waals surface area contributed by atoms with Crippen LogP contribution in [-0.4, -0.2) is 34.0 Å². The van der Waals surface area contributed by atoms with Gasteiger partial charge in [0.05, 0.1) is 17.9 Å². The summed E-state index contributed by atoms with van der Waals surface area (Å²) in [5.41, 5.74) is 4.98. The number of fused-ring (bicyclic) bond motifs is 5. The molecule has 1 atom stereocenters. The standard InChI is InChI=1S/C27H31NO4/c29-14-6-7-18-16-28-23-15-20(27(30)31)12-13-21(23)25(19-8-2-1-3-9-19)26(28)22-10-4-5-11-24(22)32-17-18/h4-5,10-13,15,18-19,29H,1-3,6-9,14,16-17H2,(H,30,31)/t18-/m1/s1. The van der Waals surface area contributed by atoms with E-state index < -0.39 is 5.97 Å². The van der Waals surface area contributed by atoms with E-state index in [0.29, 0.717) is 18.1 Å². The topological polar surface area (TPSA) is 71.7 Å². The molecule has 0 radical (unpaired) electrons. The lowest BCUT2D eigenvalue weighted by molar-refractivity contribution is 0.0697. The van der Waals surface area contributed by atoms with Gasteiger partial charge < -0.3 is 19.5 Å². The number of rotatable bonds is 5. The van der Waals surface area contributed by atoms with Crippen molar-refractivity contribution in [2.45, 2.75) is 57.4 Å². The summed E-state index contributed by atoms with van der Waals surface area (Å²) < 4.78 is 8.66. The second kappa shape index (κ2) is 8.99. The molecule has 2 aliphatic rings. The van der Waals surface area contributed by atoms with Gasteiger partial charge in [-0.3, -0.25) is 0 Å². The molecule has 1 saturated carbocycles. The second-order valence-corrected chi connectivity index (χ2v) is 9.28. The number of carboxylic acids is 1. The van der Waals surface area contributed by atoms with Gasteiger partial charge in [-0.05, 0) is 61.4 Å². The van der Waals surface area contributed by atoms with Crippen LogP contribution in [0.1, 0.15) is 66.8 Å². The number of aromatic nitrogens is 1. The molecule has 0 unspecified atom stereocenters. The van der Waals surface area contributed by atoms with Crippen molar-refractivity contribution in [3.05, 3.63) is 53.6 Å². The molecular formula is C27H31NO4. The molecule has 3 aromatic rings. The summed E-state index contributed by atoms with van der Waals surface area (Å²) in [6, 6.07) is 13.9. The molecule has 0 saturated heterocycles. The minimum atomic E-state index is -0.895. The minimum Gasteiger partial charge on any atom is -0.493 e. The number of hydrogen-bond acceptors (Lipinski definition) is 3. The first-order valence-electron chi connectivity index (χ1n) is 11.9. The maximum Gasteiger partial charge on any atom is 0.335 e. The summed E-state index contributed by atoms with van der Waals surface area (Å²) >= 11 is 0. The molecule has 5 heteroatoms. The number of carbonyl (C=O) groups is 1. The van der Waals surface area contributed by atoms with Gasteiger partial charge in [0.25, 0.3) is 0 Å². The predicted octanol–water partition coefficient (Wildman–Crippen LogP) is 5.84. The summed E-state index contributed by atoms with van der Waals surface area (Å²) in [5.74, 6) is 0.716. The quantitative estimate of drug-likeness (QED) is 0.531. The van der Waals surface area contributed by atoms with Crippen molar-refractivity contribution in [2.24, 2.45) is 5.92 Å². The highest BCUT2D eigenvalue weighted by Gasteiger charge is 2.30. The van der Waals surface area contributed by atoms with E-state index in [0.717, 1.165) is 36.2 Å². The number of nitrogens with zero attached hydrogens (tertiary/aromatic N) is 1. The smallest absolute Gasteiger partial charge is 0.335 e. The zero-order valence-corrected chi connectivity index (χ0v) is 18.4. The van der Waals surface area contributed by atoms with Crippen LogP contribution in [0.5, 0.6) is 5.75 Å². The van der Waals surface area contributed by atoms with Crippen LogP contribution in [0.3, 0.4) is 0 Å². The van der Waals surface area contributed by atoms with Crippen molar-refractivity contribution in [1.29, 1.82) is 0 Å². The van der Waals surface area contributed by atoms with Crippen molar-refractivity contribution in [1.82, 2.24) is 4.57 Å². The second-order valence-electron chi connectivity index (χ2n) is 9.28. The van der Waals surface area contributed by atoms with Crippen LogP contribution < -0.4 is 4.74 Å². The fourth-order valence-electron chi connectivity index (χ4n) is 5.66. The van der Waals surface area contributed by atoms with Crippen molar-refractivity contribution < 1.29 is 19.7 Å². The summed E-state index contributed by atoms with van der Waals surface area (Å²) in [5, 5.41) is 20.3. The number of aliphatic hydroxyl groups is 1. The number of para-hydroxylation sites is 1. The third-order valence-electron chi connectivity index (χ3n) is 7.19. The van der Waals surface area contributed by atoms with Crippen LogP contribution in [0.15, 0.2) is 42.5 Å². The zero-order valence-electron chi connectivity index (χ0n) is 18.4. The van der Waals surface area contributed by atoms with E-state index in [9.17, 15) is 15.0 Å². The molecule has 5 rings (SSSR count). The molecule has 1 fully saturated rings. The first-order chi connectivity index (χ1) is 15.7. The molecule has 2 N–H and O–H groups in total. The molecule has 168 valence electrons. The monoisotopic (exact) mass is 433 g/mol. The molecule has 2 aromatic carbocycles. The van der Waals surface area contributed by atoms with Crippen molar-refractivity contribution in [3.63, 3.8) is 0 Å². The Morgan fingerprint density at radius 1 is 1.09 bits per heavy atom. The van der Waals surface area contributed by atoms with E-state index in [1.165, 1.54) is 48.7 Å². The molecule has 1 aliphatic carbocycles. The van der Waals surface area contributed by atoms with Gasteiger partial charge in [0.15, 0.2) is 0 Å². The Balaban J connectivity index is 1.78. The van der Waals surface area contributed by atoms with E-state index in [2.05, 4.69) is 16.7 Å². The third kappa shape index (κ3) is 3.79. The summed E-state index contributed by atoms with van der Waals surface area (Å²) in [4.78, 5) is 11.8. The van der Waals surface area contributed by atoms with Crippen LogP contribution in [0.4, 0.5) is 0 Å². The average Bonchev–Trinajstić information content (AvgIpc) is 3.12. The Morgan fingerprint density at radius 2 is 1.91 bits per heavy atom. The maximum absolute atomic E-state index is 11.8. The molecule has 5 nitrogen and oxygen atoms in total. The predicted molar refractivity (Wildman–Crippen MR) is 125 cm³/mol. The van der Waals surface area contributed by atoms with E-state index in [-0.39, 0.29) is 12.5 Å². The lowest BCUT2D eigenvalue weighted by Gasteiger charge is -2.28. The highest BCUT2D eigenvalue weighted by atomic mass is 16.5. The molecule has 1 aromatic heterocycles. The third-order valence-corrected chi connectivity index (χ3v) is 7.19. The summed E-state index contributed by atoms with van der Waals surface area (Å²) in [7, 11) is 0. The van der Waals surface area contributed by atoms with E-state index >= 15 is 0 Å². The van der Waals surface area contributed by atoms with E-state index in [4.69, 9.17) is 4.74 Å². The highest BCUT2D eigenvalue weighted by Crippen LogP contribution is 2.47. The molecule has 1 aliphatic heterocycles. The van der Waals surface area contributed by atoms with Gasteiger partial charge in [0.1, 0.15) is 5.75 Å². The number of aromatic carboxylic acids is 1. The van der Waals surface area contributed by atoms with E-state index in [1.54, 1.807) is 6.07 Å². The van der Waals surface area contributed by atoms with Gasteiger partial charge in [-0.15, -0.1) is 0 Å². The van der Waals surface area contributed by atoms with Crippen molar-refractivity contribution in [3.8, 4) is 17.0 Å². The Morgan fingerprint density at radius 3 is 2.69 bits per heavy atom. The van der Waals surface area contributed by atoms with Crippen LogP contribution in [0.25, 0.3) is 22.2 Å². The van der Waals surface area contributed by atoms with Gasteiger partial charge in [0, 0.05) is 35.5 Å². The highest BCUT2D eigenvalue weighted by molar-refractivity contribution is 5.98. The number of hydrogen-bond donors (Lipinski definition) is 2. The first kappa shape index (κ1) is 21.1. The minimum absolute atomic E-state index is 0.170. The van der Waals surface area contributed by atoms with Crippen LogP contribution in [0, 0.1) is 5.92 Å². The van der Waals surface area contributed by atoms with Gasteiger partial charge in [0.2, 0.25) is 0 Å². The number of aliphatic hydroxyl groups excluding tert-OH is 1. The van der Waals surface area contributed by atoms with Gasteiger partial charge >= 0.3 is 5.97 Å². The number of benzene rings is 2. The molecule has 2 heterocycles. The van der Waals surface area contributed by atoms with Gasteiger partial charge in [-0.1, -0.05) is 37.5 Å². The Bertz CT molecular complexity index is 1130. The average molecular weight is 434 g/mol. The zero-order chi connectivity index (χ0) is 22.1. The summed E-state index contributed by atoms with van der Waals surface area (Å²) in [6.07, 6.45) is 7.71. The SMILES string of the molecule is O=C(O)c1ccc2c(C3CCCCC3)c3n(c2c1)C[C@@H](CCCO)COc1ccccc1-3. The Labute approximate surface area is 188 Å². The Kier molecular flexibility index (Phi) is 5.92. The van der Waals surface area contributed by atoms with E-state index in [1.807, 2.05) is 24.3 Å². The fourth-order valence-corrected chi connectivity index (χ4v) is 5.66. The van der Waals surface area contributed by atoms with Gasteiger partial charge in [-0.25, -0.2) is 4.79 Å². The number of carboxylic acid groups (broad SMARTS) is 1. The lowest BCUT2D eigenvalue weighted by Crippen LogP contribution is -2.22. The van der Waals surface area contributed by atoms with Crippen molar-refractivity contribution >= 4 is 16.9 Å². The number of ether oxygens (including phenoxy) is 1. The fraction of sp³-hybridized carbons (Fsp3) is 0.444. The molecule has 0 spiro atoms. The first-order valence-corrected chi connectivity index (χ1v) is 11.9. The van der Waals surface area contributed by atoms with Crippen molar-refractivity contribution in [2.75, 3.05) is 13.2 Å². The largest absolute Gasteiger partial charge is 0.493 e. The van der Waals surface area contributed by atoms with Crippen LogP contribution in [-0.2, 0) is 6.54 Å². The van der Waals surface area contributed by atoms with Gasteiger partial charge in [-0.2, -0.15) is 0 Å². The molecule has 32 heavy (non-hydrogen) atoms. The molecular weight excluding hydrogens is 402 g/mol. The summed E-state index contributed by atoms with van der Waals surface area (Å²) in [6.45, 7) is 1.52. The lowest BCUT2D eigenvalue weighted by atomic mass is 9.81. The van der Waals surface area contributed by atoms with Crippen LogP contribution in [0.2, 0.25) is 0 Å².